The molecule has 2 aromatic carbocycles. The van der Waals surface area contributed by atoms with E-state index in [2.05, 4.69) is 15.7 Å². The minimum absolute atomic E-state index is 0.0409. The lowest BCUT2D eigenvalue weighted by Gasteiger charge is -2.23. The Balaban J connectivity index is 1.65. The van der Waals surface area contributed by atoms with Crippen molar-refractivity contribution in [3.63, 3.8) is 0 Å². The van der Waals surface area contributed by atoms with E-state index in [4.69, 9.17) is 4.74 Å². The lowest BCUT2D eigenvalue weighted by Crippen LogP contribution is -2.34. The predicted octanol–water partition coefficient (Wildman–Crippen LogP) is 3.53. The molecular weight excluding hydrogens is 441 g/mol. The smallest absolute Gasteiger partial charge is 0.416 e. The van der Waals surface area contributed by atoms with Crippen LogP contribution in [0.4, 0.5) is 24.5 Å². The van der Waals surface area contributed by atoms with Crippen LogP contribution < -0.4 is 20.8 Å². The molecule has 4 rings (SSSR count). The van der Waals surface area contributed by atoms with Crippen molar-refractivity contribution in [2.45, 2.75) is 26.1 Å². The lowest BCUT2D eigenvalue weighted by atomic mass is 10.2. The molecular formula is C22H17F3N4O4. The first-order valence-corrected chi connectivity index (χ1v) is 9.74. The fourth-order valence-corrected chi connectivity index (χ4v) is 3.26. The molecule has 11 heteroatoms. The van der Waals surface area contributed by atoms with Gasteiger partial charge in [-0.25, -0.2) is 4.68 Å². The third-order valence-corrected chi connectivity index (χ3v) is 4.91. The molecule has 2 N–H and O–H groups in total. The summed E-state index contributed by atoms with van der Waals surface area (Å²) in [5.74, 6) is -0.798. The standard InChI is InChI=1S/C22H17F3N4O4/c1-11-8-17(30)19(28-29(11)15-5-3-4-13(9-15)22(23,24)25)21(32)26-14-6-7-18-16(10-14)27-20(31)12(2)33-18/h3-10,12H,1-2H3,(H,26,32)(H,27,31). The summed E-state index contributed by atoms with van der Waals surface area (Å²) >= 11 is 0. The Morgan fingerprint density at radius 1 is 1.15 bits per heavy atom. The van der Waals surface area contributed by atoms with Crippen molar-refractivity contribution >= 4 is 23.2 Å². The number of ether oxygens (including phenoxy) is 1. The van der Waals surface area contributed by atoms with Crippen LogP contribution in [0.2, 0.25) is 0 Å². The summed E-state index contributed by atoms with van der Waals surface area (Å²) < 4.78 is 45.8. The number of carbonyl (C=O) groups excluding carboxylic acids is 2. The van der Waals surface area contributed by atoms with E-state index in [0.29, 0.717) is 11.4 Å². The average molecular weight is 458 g/mol. The number of halogens is 3. The Hall–Kier alpha value is -4.15. The summed E-state index contributed by atoms with van der Waals surface area (Å²) in [4.78, 5) is 37.0. The number of nitrogens with zero attached hydrogens (tertiary/aromatic N) is 2. The number of aromatic nitrogens is 2. The Bertz CT molecular complexity index is 1330. The monoisotopic (exact) mass is 458 g/mol. The Morgan fingerprint density at radius 2 is 1.91 bits per heavy atom. The highest BCUT2D eigenvalue weighted by Crippen LogP contribution is 2.32. The quantitative estimate of drug-likeness (QED) is 0.625. The molecule has 0 fully saturated rings. The van der Waals surface area contributed by atoms with E-state index in [0.717, 1.165) is 22.9 Å². The number of benzene rings is 2. The number of alkyl halides is 3. The highest BCUT2D eigenvalue weighted by molar-refractivity contribution is 6.04. The third kappa shape index (κ3) is 4.43. The van der Waals surface area contributed by atoms with Gasteiger partial charge in [-0.3, -0.25) is 14.4 Å². The number of fused-ring (bicyclic) bond motifs is 1. The maximum Gasteiger partial charge on any atom is 0.416 e. The summed E-state index contributed by atoms with van der Waals surface area (Å²) in [5.41, 5.74) is -1.21. The second-order valence-corrected chi connectivity index (χ2v) is 7.37. The van der Waals surface area contributed by atoms with Crippen LogP contribution in [-0.4, -0.2) is 27.7 Å². The topological polar surface area (TPSA) is 102 Å². The van der Waals surface area contributed by atoms with Crippen LogP contribution in [0, 0.1) is 6.92 Å². The van der Waals surface area contributed by atoms with Crippen LogP contribution in [0.15, 0.2) is 53.3 Å². The van der Waals surface area contributed by atoms with Crippen molar-refractivity contribution in [3.05, 3.63) is 75.7 Å². The minimum atomic E-state index is -4.56. The van der Waals surface area contributed by atoms with Crippen molar-refractivity contribution < 1.29 is 27.5 Å². The highest BCUT2D eigenvalue weighted by Gasteiger charge is 2.31. The van der Waals surface area contributed by atoms with E-state index < -0.39 is 34.9 Å². The van der Waals surface area contributed by atoms with E-state index in [-0.39, 0.29) is 23.0 Å². The second kappa shape index (κ2) is 8.08. The van der Waals surface area contributed by atoms with E-state index in [1.54, 1.807) is 13.0 Å². The summed E-state index contributed by atoms with van der Waals surface area (Å²) in [7, 11) is 0. The Kier molecular flexibility index (Phi) is 5.40. The van der Waals surface area contributed by atoms with Crippen molar-refractivity contribution in [1.82, 2.24) is 9.78 Å². The van der Waals surface area contributed by atoms with Crippen LogP contribution >= 0.6 is 0 Å². The molecule has 33 heavy (non-hydrogen) atoms. The molecule has 3 aromatic rings. The molecule has 0 saturated carbocycles. The zero-order chi connectivity index (χ0) is 23.9. The largest absolute Gasteiger partial charge is 0.479 e. The molecule has 8 nitrogen and oxygen atoms in total. The molecule has 2 heterocycles. The average Bonchev–Trinajstić information content (AvgIpc) is 2.74. The molecule has 0 bridgehead atoms. The minimum Gasteiger partial charge on any atom is -0.479 e. The van der Waals surface area contributed by atoms with Crippen LogP contribution in [0.5, 0.6) is 5.75 Å². The van der Waals surface area contributed by atoms with Crippen molar-refractivity contribution in [2.75, 3.05) is 10.6 Å². The second-order valence-electron chi connectivity index (χ2n) is 7.37. The molecule has 0 spiro atoms. The van der Waals surface area contributed by atoms with Gasteiger partial charge in [0.15, 0.2) is 11.8 Å². The van der Waals surface area contributed by atoms with Gasteiger partial charge < -0.3 is 15.4 Å². The first-order valence-electron chi connectivity index (χ1n) is 9.74. The van der Waals surface area contributed by atoms with Gasteiger partial charge >= 0.3 is 6.18 Å². The summed E-state index contributed by atoms with van der Waals surface area (Å²) in [6, 6.07) is 10.0. The number of hydrogen-bond acceptors (Lipinski definition) is 5. The van der Waals surface area contributed by atoms with Crippen LogP contribution in [0.3, 0.4) is 0 Å². The summed E-state index contributed by atoms with van der Waals surface area (Å²) in [6.07, 6.45) is -5.23. The van der Waals surface area contributed by atoms with Gasteiger partial charge in [-0.1, -0.05) is 6.07 Å². The SMILES string of the molecule is Cc1cc(=O)c(C(=O)Nc2ccc3c(c2)NC(=O)C(C)O3)nn1-c1cccc(C(F)(F)F)c1. The van der Waals surface area contributed by atoms with Gasteiger partial charge in [0.05, 0.1) is 16.9 Å². The van der Waals surface area contributed by atoms with Crippen LogP contribution in [0.25, 0.3) is 5.69 Å². The van der Waals surface area contributed by atoms with Crippen molar-refractivity contribution in [3.8, 4) is 11.4 Å². The van der Waals surface area contributed by atoms with E-state index in [9.17, 15) is 27.6 Å². The number of rotatable bonds is 3. The van der Waals surface area contributed by atoms with E-state index in [1.807, 2.05) is 0 Å². The van der Waals surface area contributed by atoms with Crippen molar-refractivity contribution in [1.29, 1.82) is 0 Å². The molecule has 1 aliphatic heterocycles. The van der Waals surface area contributed by atoms with Gasteiger partial charge in [0.1, 0.15) is 5.75 Å². The zero-order valence-electron chi connectivity index (χ0n) is 17.4. The Morgan fingerprint density at radius 3 is 2.64 bits per heavy atom. The fourth-order valence-electron chi connectivity index (χ4n) is 3.26. The van der Waals surface area contributed by atoms with Gasteiger partial charge in [0.2, 0.25) is 5.43 Å². The lowest BCUT2D eigenvalue weighted by molar-refractivity contribution is -0.137. The molecule has 1 aliphatic rings. The molecule has 1 aromatic heterocycles. The van der Waals surface area contributed by atoms with Gasteiger partial charge in [-0.05, 0) is 50.2 Å². The molecule has 0 radical (unpaired) electrons. The van der Waals surface area contributed by atoms with Gasteiger partial charge in [0.25, 0.3) is 11.8 Å². The maximum absolute atomic E-state index is 13.1. The normalized spacial score (nSPS) is 15.3. The molecule has 0 saturated heterocycles. The predicted molar refractivity (Wildman–Crippen MR) is 113 cm³/mol. The number of anilines is 2. The molecule has 2 amide bonds. The first-order chi connectivity index (χ1) is 15.5. The van der Waals surface area contributed by atoms with Crippen LogP contribution in [-0.2, 0) is 11.0 Å². The van der Waals surface area contributed by atoms with Crippen LogP contribution in [0.1, 0.15) is 28.7 Å². The van der Waals surface area contributed by atoms with Gasteiger partial charge in [-0.2, -0.15) is 18.3 Å². The molecule has 1 unspecified atom stereocenters. The Labute approximate surface area is 185 Å². The third-order valence-electron chi connectivity index (χ3n) is 4.91. The molecule has 0 aliphatic carbocycles. The number of nitrogens with one attached hydrogen (secondary N) is 2. The maximum atomic E-state index is 13.1. The van der Waals surface area contributed by atoms with Gasteiger partial charge in [-0.15, -0.1) is 0 Å². The first kappa shape index (κ1) is 22.1. The van der Waals surface area contributed by atoms with E-state index >= 15 is 0 Å². The summed E-state index contributed by atoms with van der Waals surface area (Å²) in [6.45, 7) is 3.08. The van der Waals surface area contributed by atoms with Crippen molar-refractivity contribution in [2.24, 2.45) is 0 Å². The zero-order valence-corrected chi connectivity index (χ0v) is 17.4. The number of carbonyl (C=O) groups is 2. The summed E-state index contributed by atoms with van der Waals surface area (Å²) in [5, 5.41) is 9.15. The van der Waals surface area contributed by atoms with Gasteiger partial charge in [0, 0.05) is 17.4 Å². The highest BCUT2D eigenvalue weighted by atomic mass is 19.4. The fraction of sp³-hybridized carbons (Fsp3) is 0.182. The number of aryl methyl sites for hydroxylation is 1. The van der Waals surface area contributed by atoms with E-state index in [1.165, 1.54) is 31.2 Å². The molecule has 1 atom stereocenters. The number of hydrogen-bond donors (Lipinski definition) is 2. The molecule has 170 valence electrons. The number of amides is 2.